The number of benzene rings is 1. The first-order valence-electron chi connectivity index (χ1n) is 7.01. The van der Waals surface area contributed by atoms with Gasteiger partial charge in [-0.1, -0.05) is 0 Å². The van der Waals surface area contributed by atoms with Crippen LogP contribution in [0.15, 0.2) is 12.1 Å². The Hall–Kier alpha value is -1.26. The van der Waals surface area contributed by atoms with Crippen molar-refractivity contribution in [3.8, 4) is 11.5 Å². The highest BCUT2D eigenvalue weighted by Crippen LogP contribution is 2.43. The quantitative estimate of drug-likeness (QED) is 0.870. The molecule has 0 heterocycles. The topological polar surface area (TPSA) is 47.9 Å². The fourth-order valence-corrected chi connectivity index (χ4v) is 2.88. The van der Waals surface area contributed by atoms with Gasteiger partial charge in [0.2, 0.25) is 0 Å². The average molecular weight is 280 g/mol. The lowest BCUT2D eigenvalue weighted by Gasteiger charge is -2.42. The summed E-state index contributed by atoms with van der Waals surface area (Å²) in [6.45, 7) is 1.97. The standard InChI is InChI=1S/C16H24O4/c1-11-8-14(18-2)15(19-3)9-12(11)13(17)10-16(20-4)6-5-7-16/h8-9,13,17H,5-7,10H2,1-4H3. The molecule has 20 heavy (non-hydrogen) atoms. The molecule has 1 fully saturated rings. The molecule has 4 heteroatoms. The zero-order valence-electron chi connectivity index (χ0n) is 12.7. The summed E-state index contributed by atoms with van der Waals surface area (Å²) in [6.07, 6.45) is 3.29. The van der Waals surface area contributed by atoms with Crippen LogP contribution in [0.4, 0.5) is 0 Å². The van der Waals surface area contributed by atoms with E-state index >= 15 is 0 Å². The van der Waals surface area contributed by atoms with Crippen LogP contribution in [-0.2, 0) is 4.74 Å². The number of methoxy groups -OCH3 is 3. The van der Waals surface area contributed by atoms with Gasteiger partial charge in [-0.3, -0.25) is 0 Å². The SMILES string of the molecule is COc1cc(C)c(C(O)CC2(OC)CCC2)cc1OC. The summed E-state index contributed by atoms with van der Waals surface area (Å²) in [5.74, 6) is 1.33. The Bertz CT molecular complexity index is 460. The van der Waals surface area contributed by atoms with Gasteiger partial charge in [0.25, 0.3) is 0 Å². The van der Waals surface area contributed by atoms with E-state index in [0.29, 0.717) is 17.9 Å². The Labute approximate surface area is 120 Å². The zero-order valence-corrected chi connectivity index (χ0v) is 12.7. The molecule has 4 nitrogen and oxygen atoms in total. The monoisotopic (exact) mass is 280 g/mol. The lowest BCUT2D eigenvalue weighted by molar-refractivity contribution is -0.0999. The van der Waals surface area contributed by atoms with Crippen molar-refractivity contribution < 1.29 is 19.3 Å². The van der Waals surface area contributed by atoms with E-state index in [1.165, 1.54) is 6.42 Å². The smallest absolute Gasteiger partial charge is 0.161 e. The highest BCUT2D eigenvalue weighted by atomic mass is 16.5. The third-order valence-corrected chi connectivity index (χ3v) is 4.39. The maximum atomic E-state index is 10.5. The van der Waals surface area contributed by atoms with Crippen LogP contribution < -0.4 is 9.47 Å². The molecule has 0 radical (unpaired) electrons. The van der Waals surface area contributed by atoms with Gasteiger partial charge in [-0.15, -0.1) is 0 Å². The van der Waals surface area contributed by atoms with Crippen LogP contribution in [0.2, 0.25) is 0 Å². The second-order valence-corrected chi connectivity index (χ2v) is 5.52. The molecule has 1 atom stereocenters. The molecule has 0 aromatic heterocycles. The molecule has 2 rings (SSSR count). The number of aliphatic hydroxyl groups excluding tert-OH is 1. The largest absolute Gasteiger partial charge is 0.493 e. The van der Waals surface area contributed by atoms with Crippen LogP contribution in [-0.4, -0.2) is 32.0 Å². The van der Waals surface area contributed by atoms with E-state index in [1.807, 2.05) is 19.1 Å². The van der Waals surface area contributed by atoms with Gasteiger partial charge >= 0.3 is 0 Å². The summed E-state index contributed by atoms with van der Waals surface area (Å²) in [5, 5.41) is 10.5. The minimum Gasteiger partial charge on any atom is -0.493 e. The van der Waals surface area contributed by atoms with E-state index in [-0.39, 0.29) is 5.60 Å². The minimum absolute atomic E-state index is 0.154. The van der Waals surface area contributed by atoms with E-state index in [2.05, 4.69) is 0 Å². The average Bonchev–Trinajstić information content (AvgIpc) is 2.42. The predicted octanol–water partition coefficient (Wildman–Crippen LogP) is 3.00. The maximum absolute atomic E-state index is 10.5. The van der Waals surface area contributed by atoms with Crippen LogP contribution in [0, 0.1) is 6.92 Å². The van der Waals surface area contributed by atoms with Gasteiger partial charge in [-0.05, 0) is 49.4 Å². The molecule has 1 saturated carbocycles. The molecule has 0 amide bonds. The molecule has 0 aliphatic heterocycles. The highest BCUT2D eigenvalue weighted by Gasteiger charge is 2.39. The second kappa shape index (κ2) is 6.02. The van der Waals surface area contributed by atoms with Gasteiger partial charge in [0.1, 0.15) is 0 Å². The summed E-state index contributed by atoms with van der Waals surface area (Å²) in [5.41, 5.74) is 1.73. The number of rotatable bonds is 6. The predicted molar refractivity (Wildman–Crippen MR) is 77.5 cm³/mol. The number of aliphatic hydroxyl groups is 1. The van der Waals surface area contributed by atoms with E-state index < -0.39 is 6.10 Å². The van der Waals surface area contributed by atoms with Crippen molar-refractivity contribution in [2.45, 2.75) is 44.3 Å². The molecular formula is C16H24O4. The molecular weight excluding hydrogens is 256 g/mol. The van der Waals surface area contributed by atoms with E-state index in [1.54, 1.807) is 21.3 Å². The summed E-state index contributed by atoms with van der Waals surface area (Å²) >= 11 is 0. The Morgan fingerprint density at radius 1 is 1.15 bits per heavy atom. The molecule has 0 spiro atoms. The number of ether oxygens (including phenoxy) is 3. The zero-order chi connectivity index (χ0) is 14.8. The molecule has 1 aromatic carbocycles. The fraction of sp³-hybridized carbons (Fsp3) is 0.625. The number of hydrogen-bond donors (Lipinski definition) is 1. The normalized spacial score (nSPS) is 18.2. The summed E-state index contributed by atoms with van der Waals surface area (Å²) in [6, 6.07) is 3.76. The van der Waals surface area contributed by atoms with Gasteiger partial charge in [0.15, 0.2) is 11.5 Å². The molecule has 0 bridgehead atoms. The van der Waals surface area contributed by atoms with Gasteiger partial charge < -0.3 is 19.3 Å². The third-order valence-electron chi connectivity index (χ3n) is 4.39. The maximum Gasteiger partial charge on any atom is 0.161 e. The lowest BCUT2D eigenvalue weighted by atomic mass is 9.75. The minimum atomic E-state index is -0.546. The van der Waals surface area contributed by atoms with Gasteiger partial charge in [-0.2, -0.15) is 0 Å². The molecule has 1 N–H and O–H groups in total. The summed E-state index contributed by atoms with van der Waals surface area (Å²) in [4.78, 5) is 0. The molecule has 1 aromatic rings. The van der Waals surface area contributed by atoms with Crippen LogP contribution in [0.25, 0.3) is 0 Å². The van der Waals surface area contributed by atoms with Crippen molar-refractivity contribution in [2.24, 2.45) is 0 Å². The third kappa shape index (κ3) is 2.76. The first-order valence-corrected chi connectivity index (χ1v) is 7.01. The van der Waals surface area contributed by atoms with Crippen molar-refractivity contribution >= 4 is 0 Å². The summed E-state index contributed by atoms with van der Waals surface area (Å²) in [7, 11) is 4.95. The fourth-order valence-electron chi connectivity index (χ4n) is 2.88. The van der Waals surface area contributed by atoms with Crippen molar-refractivity contribution in [1.29, 1.82) is 0 Å². The van der Waals surface area contributed by atoms with Crippen LogP contribution in [0.5, 0.6) is 11.5 Å². The van der Waals surface area contributed by atoms with Gasteiger partial charge in [0.05, 0.1) is 25.9 Å². The van der Waals surface area contributed by atoms with Crippen molar-refractivity contribution in [3.63, 3.8) is 0 Å². The number of aryl methyl sites for hydroxylation is 1. The first-order chi connectivity index (χ1) is 9.55. The molecule has 112 valence electrons. The number of hydrogen-bond acceptors (Lipinski definition) is 4. The van der Waals surface area contributed by atoms with Gasteiger partial charge in [0, 0.05) is 13.5 Å². The first kappa shape index (κ1) is 15.1. The Kier molecular flexibility index (Phi) is 4.55. The Morgan fingerprint density at radius 2 is 1.75 bits per heavy atom. The molecule has 1 unspecified atom stereocenters. The van der Waals surface area contributed by atoms with E-state index in [4.69, 9.17) is 14.2 Å². The Balaban J connectivity index is 2.23. The lowest BCUT2D eigenvalue weighted by Crippen LogP contribution is -2.40. The van der Waals surface area contributed by atoms with Gasteiger partial charge in [-0.25, -0.2) is 0 Å². The van der Waals surface area contributed by atoms with Crippen molar-refractivity contribution in [1.82, 2.24) is 0 Å². The van der Waals surface area contributed by atoms with Crippen molar-refractivity contribution in [2.75, 3.05) is 21.3 Å². The Morgan fingerprint density at radius 3 is 2.20 bits per heavy atom. The van der Waals surface area contributed by atoms with E-state index in [9.17, 15) is 5.11 Å². The van der Waals surface area contributed by atoms with Crippen LogP contribution in [0.1, 0.15) is 42.9 Å². The van der Waals surface area contributed by atoms with Crippen LogP contribution >= 0.6 is 0 Å². The highest BCUT2D eigenvalue weighted by molar-refractivity contribution is 5.47. The molecule has 0 saturated heterocycles. The van der Waals surface area contributed by atoms with E-state index in [0.717, 1.165) is 24.0 Å². The van der Waals surface area contributed by atoms with Crippen molar-refractivity contribution in [3.05, 3.63) is 23.3 Å². The van der Waals surface area contributed by atoms with Crippen LogP contribution in [0.3, 0.4) is 0 Å². The molecule has 1 aliphatic carbocycles. The molecule has 1 aliphatic rings. The second-order valence-electron chi connectivity index (χ2n) is 5.52. The summed E-state index contributed by atoms with van der Waals surface area (Å²) < 4.78 is 16.2.